The van der Waals surface area contributed by atoms with Crippen LogP contribution in [0.4, 0.5) is 0 Å². The molecule has 15 heavy (non-hydrogen) atoms. The number of rotatable bonds is 5. The number of hydrogen-bond acceptors (Lipinski definition) is 2. The first kappa shape index (κ1) is 13.9. The van der Waals surface area contributed by atoms with Crippen LogP contribution in [0.5, 0.6) is 0 Å². The smallest absolute Gasteiger partial charge is 0.242 e. The van der Waals surface area contributed by atoms with Gasteiger partial charge in [-0.3, -0.25) is 9.59 Å². The van der Waals surface area contributed by atoms with Gasteiger partial charge in [-0.05, 0) is 12.3 Å². The van der Waals surface area contributed by atoms with Gasteiger partial charge in [0.2, 0.25) is 11.8 Å². The molecule has 2 amide bonds. The van der Waals surface area contributed by atoms with Crippen molar-refractivity contribution in [2.24, 2.45) is 5.92 Å². The second-order valence-electron chi connectivity index (χ2n) is 4.12. The summed E-state index contributed by atoms with van der Waals surface area (Å²) in [5.74, 6) is 0.302. The summed E-state index contributed by atoms with van der Waals surface area (Å²) in [6.45, 7) is 5.88. The highest BCUT2D eigenvalue weighted by Crippen LogP contribution is 2.11. The number of carbonyl (C=O) groups excluding carboxylic acids is 2. The molecule has 4 nitrogen and oxygen atoms in total. The quantitative estimate of drug-likeness (QED) is 0.742. The van der Waals surface area contributed by atoms with E-state index in [4.69, 9.17) is 0 Å². The van der Waals surface area contributed by atoms with E-state index in [9.17, 15) is 9.59 Å². The van der Waals surface area contributed by atoms with Gasteiger partial charge in [0.15, 0.2) is 0 Å². The molecule has 0 heterocycles. The highest BCUT2D eigenvalue weighted by Gasteiger charge is 2.25. The topological polar surface area (TPSA) is 49.4 Å². The number of nitrogens with one attached hydrogen (secondary N) is 1. The fourth-order valence-electron chi connectivity index (χ4n) is 1.48. The number of amides is 2. The molecule has 0 aliphatic heterocycles. The Labute approximate surface area is 92.0 Å². The van der Waals surface area contributed by atoms with Crippen molar-refractivity contribution in [3.63, 3.8) is 0 Å². The number of carbonyl (C=O) groups is 2. The Hall–Kier alpha value is -1.06. The molecule has 0 aliphatic carbocycles. The lowest BCUT2D eigenvalue weighted by Gasteiger charge is -2.27. The molecule has 0 rings (SSSR count). The summed E-state index contributed by atoms with van der Waals surface area (Å²) in [4.78, 5) is 24.6. The SMILES string of the molecule is CCC(=O)N(C)[C@@H](CC(C)C)C(=O)NC. The average Bonchev–Trinajstić information content (AvgIpc) is 2.22. The van der Waals surface area contributed by atoms with Crippen molar-refractivity contribution in [3.05, 3.63) is 0 Å². The van der Waals surface area contributed by atoms with Crippen molar-refractivity contribution in [1.29, 1.82) is 0 Å². The normalized spacial score (nSPS) is 12.4. The minimum absolute atomic E-state index is 0.00394. The van der Waals surface area contributed by atoms with Gasteiger partial charge in [-0.1, -0.05) is 20.8 Å². The Bertz CT molecular complexity index is 227. The van der Waals surface area contributed by atoms with Crippen molar-refractivity contribution in [2.75, 3.05) is 14.1 Å². The van der Waals surface area contributed by atoms with Crippen molar-refractivity contribution in [1.82, 2.24) is 10.2 Å². The van der Waals surface area contributed by atoms with Crippen LogP contribution in [0.15, 0.2) is 0 Å². The second-order valence-corrected chi connectivity index (χ2v) is 4.12. The highest BCUT2D eigenvalue weighted by atomic mass is 16.2. The van der Waals surface area contributed by atoms with Gasteiger partial charge in [0, 0.05) is 20.5 Å². The van der Waals surface area contributed by atoms with Gasteiger partial charge < -0.3 is 10.2 Å². The van der Waals surface area contributed by atoms with Crippen molar-refractivity contribution < 1.29 is 9.59 Å². The summed E-state index contributed by atoms with van der Waals surface area (Å²) in [6.07, 6.45) is 1.13. The second kappa shape index (κ2) is 6.43. The molecule has 88 valence electrons. The molecule has 0 aromatic rings. The van der Waals surface area contributed by atoms with Gasteiger partial charge in [0.05, 0.1) is 0 Å². The zero-order valence-electron chi connectivity index (χ0n) is 10.3. The third-order valence-electron chi connectivity index (χ3n) is 2.41. The summed E-state index contributed by atoms with van der Waals surface area (Å²) in [5.41, 5.74) is 0. The summed E-state index contributed by atoms with van der Waals surface area (Å²) >= 11 is 0. The lowest BCUT2D eigenvalue weighted by molar-refractivity contribution is -0.139. The molecular weight excluding hydrogens is 192 g/mol. The Kier molecular flexibility index (Phi) is 5.97. The van der Waals surface area contributed by atoms with Crippen molar-refractivity contribution >= 4 is 11.8 Å². The molecule has 0 fully saturated rings. The van der Waals surface area contributed by atoms with E-state index in [1.54, 1.807) is 25.9 Å². The van der Waals surface area contributed by atoms with Crippen LogP contribution in [0.3, 0.4) is 0 Å². The van der Waals surface area contributed by atoms with Crippen LogP contribution >= 0.6 is 0 Å². The molecule has 1 N–H and O–H groups in total. The van der Waals surface area contributed by atoms with E-state index in [0.29, 0.717) is 18.8 Å². The molecule has 0 saturated carbocycles. The number of hydrogen-bond donors (Lipinski definition) is 1. The Morgan fingerprint density at radius 1 is 1.33 bits per heavy atom. The summed E-state index contributed by atoms with van der Waals surface area (Å²) in [5, 5.41) is 2.60. The summed E-state index contributed by atoms with van der Waals surface area (Å²) in [7, 11) is 3.29. The van der Waals surface area contributed by atoms with Gasteiger partial charge in [0.1, 0.15) is 6.04 Å². The lowest BCUT2D eigenvalue weighted by Crippen LogP contribution is -2.47. The Morgan fingerprint density at radius 3 is 2.20 bits per heavy atom. The molecule has 0 unspecified atom stereocenters. The fourth-order valence-corrected chi connectivity index (χ4v) is 1.48. The predicted octanol–water partition coefficient (Wildman–Crippen LogP) is 1.02. The van der Waals surface area contributed by atoms with Gasteiger partial charge in [-0.15, -0.1) is 0 Å². The zero-order valence-corrected chi connectivity index (χ0v) is 10.3. The van der Waals surface area contributed by atoms with Crippen LogP contribution in [0.2, 0.25) is 0 Å². The Balaban J connectivity index is 4.61. The molecule has 0 bridgehead atoms. The third-order valence-corrected chi connectivity index (χ3v) is 2.41. The standard InChI is InChI=1S/C11H22N2O2/c1-6-10(14)13(5)9(7-8(2)3)11(15)12-4/h8-9H,6-7H2,1-5H3,(H,12,15)/t9-/m0/s1. The summed E-state index contributed by atoms with van der Waals surface area (Å²) in [6, 6.07) is -0.345. The minimum atomic E-state index is -0.345. The zero-order chi connectivity index (χ0) is 12.0. The molecule has 0 aromatic heterocycles. The molecule has 0 spiro atoms. The molecule has 1 atom stereocenters. The lowest BCUT2D eigenvalue weighted by atomic mass is 10.0. The molecular formula is C11H22N2O2. The molecule has 0 radical (unpaired) electrons. The van der Waals surface area contributed by atoms with E-state index in [1.165, 1.54) is 0 Å². The van der Waals surface area contributed by atoms with Crippen LogP contribution in [0, 0.1) is 5.92 Å². The first-order chi connectivity index (χ1) is 6.93. The van der Waals surface area contributed by atoms with Crippen LogP contribution in [0.1, 0.15) is 33.6 Å². The minimum Gasteiger partial charge on any atom is -0.357 e. The van der Waals surface area contributed by atoms with Gasteiger partial charge in [0.25, 0.3) is 0 Å². The largest absolute Gasteiger partial charge is 0.357 e. The van der Waals surface area contributed by atoms with Crippen molar-refractivity contribution in [3.8, 4) is 0 Å². The monoisotopic (exact) mass is 214 g/mol. The molecule has 0 aromatic carbocycles. The van der Waals surface area contributed by atoms with Crippen LogP contribution in [0.25, 0.3) is 0 Å². The van der Waals surface area contributed by atoms with Crippen LogP contribution in [-0.2, 0) is 9.59 Å². The maximum atomic E-state index is 11.6. The van der Waals surface area contributed by atoms with E-state index >= 15 is 0 Å². The van der Waals surface area contributed by atoms with E-state index in [0.717, 1.165) is 0 Å². The molecule has 0 saturated heterocycles. The summed E-state index contributed by atoms with van der Waals surface area (Å²) < 4.78 is 0. The van der Waals surface area contributed by atoms with E-state index in [2.05, 4.69) is 5.32 Å². The average molecular weight is 214 g/mol. The predicted molar refractivity (Wildman–Crippen MR) is 60.4 cm³/mol. The molecule has 0 aliphatic rings. The maximum absolute atomic E-state index is 11.6. The van der Waals surface area contributed by atoms with Gasteiger partial charge in [-0.2, -0.15) is 0 Å². The highest BCUT2D eigenvalue weighted by molar-refractivity contribution is 5.87. The van der Waals surface area contributed by atoms with E-state index in [1.807, 2.05) is 13.8 Å². The third kappa shape index (κ3) is 4.32. The van der Waals surface area contributed by atoms with E-state index < -0.39 is 0 Å². The number of likely N-dealkylation sites (N-methyl/N-ethyl adjacent to an activating group) is 2. The van der Waals surface area contributed by atoms with Gasteiger partial charge in [-0.25, -0.2) is 0 Å². The number of nitrogens with zero attached hydrogens (tertiary/aromatic N) is 1. The van der Waals surface area contributed by atoms with Crippen LogP contribution in [-0.4, -0.2) is 36.9 Å². The molecule has 4 heteroatoms. The first-order valence-electron chi connectivity index (χ1n) is 5.41. The van der Waals surface area contributed by atoms with Crippen LogP contribution < -0.4 is 5.32 Å². The van der Waals surface area contributed by atoms with Crippen molar-refractivity contribution in [2.45, 2.75) is 39.7 Å². The first-order valence-corrected chi connectivity index (χ1v) is 5.41. The Morgan fingerprint density at radius 2 is 1.87 bits per heavy atom. The maximum Gasteiger partial charge on any atom is 0.242 e. The fraction of sp³-hybridized carbons (Fsp3) is 0.818. The van der Waals surface area contributed by atoms with E-state index in [-0.39, 0.29) is 17.9 Å². The van der Waals surface area contributed by atoms with Gasteiger partial charge >= 0.3 is 0 Å².